The zero-order valence-electron chi connectivity index (χ0n) is 14.4. The molecular weight excluding hydrogens is 372 g/mol. The van der Waals surface area contributed by atoms with Crippen molar-refractivity contribution < 1.29 is 9.47 Å². The summed E-state index contributed by atoms with van der Waals surface area (Å²) in [6.07, 6.45) is 4.84. The van der Waals surface area contributed by atoms with Crippen molar-refractivity contribution in [2.75, 3.05) is 14.2 Å². The highest BCUT2D eigenvalue weighted by molar-refractivity contribution is 7.18. The van der Waals surface area contributed by atoms with E-state index in [2.05, 4.69) is 9.97 Å². The van der Waals surface area contributed by atoms with Gasteiger partial charge in [0.2, 0.25) is 0 Å². The van der Waals surface area contributed by atoms with Crippen molar-refractivity contribution in [3.05, 3.63) is 50.4 Å². The second kappa shape index (κ2) is 6.78. The normalized spacial score (nSPS) is 13.9. The lowest BCUT2D eigenvalue weighted by Gasteiger charge is -2.08. The number of methoxy groups -OCH3 is 2. The van der Waals surface area contributed by atoms with Crippen molar-refractivity contribution in [3.8, 4) is 11.5 Å². The van der Waals surface area contributed by atoms with Crippen molar-refractivity contribution in [1.29, 1.82) is 0 Å². The van der Waals surface area contributed by atoms with Gasteiger partial charge < -0.3 is 14.5 Å². The first-order valence-corrected chi connectivity index (χ1v) is 9.44. The average molecular weight is 389 g/mol. The Labute approximate surface area is 159 Å². The van der Waals surface area contributed by atoms with E-state index in [4.69, 9.17) is 21.1 Å². The van der Waals surface area contributed by atoms with Crippen LogP contribution in [0.5, 0.6) is 11.5 Å². The summed E-state index contributed by atoms with van der Waals surface area (Å²) in [6.45, 7) is 0. The zero-order valence-corrected chi connectivity index (χ0v) is 16.0. The molecule has 0 atom stereocenters. The minimum absolute atomic E-state index is 0.122. The number of halogens is 1. The van der Waals surface area contributed by atoms with Crippen LogP contribution in [0.2, 0.25) is 0 Å². The lowest BCUT2D eigenvalue weighted by atomic mass is 10.2. The molecular formula is C19H17ClN2O3S. The van der Waals surface area contributed by atoms with Crippen molar-refractivity contribution >= 4 is 44.3 Å². The van der Waals surface area contributed by atoms with Crippen LogP contribution in [0.1, 0.15) is 28.2 Å². The lowest BCUT2D eigenvalue weighted by molar-refractivity contribution is 0.355. The van der Waals surface area contributed by atoms with Gasteiger partial charge >= 0.3 is 0 Å². The van der Waals surface area contributed by atoms with Gasteiger partial charge in [0.15, 0.2) is 17.3 Å². The molecule has 0 unspecified atom stereocenters. The molecule has 5 nitrogen and oxygen atoms in total. The third kappa shape index (κ3) is 2.89. The summed E-state index contributed by atoms with van der Waals surface area (Å²) in [5.41, 5.74) is 1.86. The third-order valence-electron chi connectivity index (χ3n) is 4.50. The Morgan fingerprint density at radius 1 is 1.27 bits per heavy atom. The zero-order chi connectivity index (χ0) is 18.3. The standard InChI is InChI=1S/C19H17ClN2O3S/c1-24-13-7-6-10(9-14(13)25-2)8-12(20)17-21-18(23)16-11-4-3-5-15(11)26-19(16)22-17/h6-9H,3-5H2,1-2H3,(H,21,22,23)/b12-8-. The number of hydrogen-bond donors (Lipinski definition) is 1. The van der Waals surface area contributed by atoms with Crippen molar-refractivity contribution in [1.82, 2.24) is 9.97 Å². The summed E-state index contributed by atoms with van der Waals surface area (Å²) in [6, 6.07) is 5.48. The molecule has 1 aromatic carbocycles. The predicted octanol–water partition coefficient (Wildman–Crippen LogP) is 4.23. The van der Waals surface area contributed by atoms with Gasteiger partial charge in [0.1, 0.15) is 4.83 Å². The number of aromatic amines is 1. The number of thiophene rings is 1. The molecule has 0 saturated carbocycles. The Balaban J connectivity index is 1.75. The molecule has 0 amide bonds. The number of H-pyrrole nitrogens is 1. The number of nitrogens with zero attached hydrogens (tertiary/aromatic N) is 1. The molecule has 2 aromatic heterocycles. The van der Waals surface area contributed by atoms with E-state index in [1.54, 1.807) is 37.7 Å². The number of ether oxygens (including phenoxy) is 2. The van der Waals surface area contributed by atoms with E-state index in [0.29, 0.717) is 22.4 Å². The minimum Gasteiger partial charge on any atom is -0.493 e. The van der Waals surface area contributed by atoms with Crippen molar-refractivity contribution in [3.63, 3.8) is 0 Å². The molecule has 2 heterocycles. The molecule has 0 aliphatic heterocycles. The fourth-order valence-electron chi connectivity index (χ4n) is 3.27. The largest absolute Gasteiger partial charge is 0.493 e. The van der Waals surface area contributed by atoms with Crippen LogP contribution >= 0.6 is 22.9 Å². The summed E-state index contributed by atoms with van der Waals surface area (Å²) in [7, 11) is 3.17. The maximum Gasteiger partial charge on any atom is 0.260 e. The highest BCUT2D eigenvalue weighted by atomic mass is 35.5. The molecule has 0 radical (unpaired) electrons. The van der Waals surface area contributed by atoms with Gasteiger partial charge in [-0.2, -0.15) is 0 Å². The summed E-state index contributed by atoms with van der Waals surface area (Å²) in [5, 5.41) is 1.09. The van der Waals surface area contributed by atoms with E-state index < -0.39 is 0 Å². The van der Waals surface area contributed by atoms with Crippen LogP contribution in [0, 0.1) is 0 Å². The molecule has 1 aliphatic rings. The molecule has 1 aliphatic carbocycles. The average Bonchev–Trinajstić information content (AvgIpc) is 3.22. The summed E-state index contributed by atoms with van der Waals surface area (Å²) >= 11 is 8.03. The van der Waals surface area contributed by atoms with Gasteiger partial charge in [-0.15, -0.1) is 11.3 Å². The first kappa shape index (κ1) is 17.1. The van der Waals surface area contributed by atoms with E-state index in [0.717, 1.165) is 40.6 Å². The Hall–Kier alpha value is -2.31. The summed E-state index contributed by atoms with van der Waals surface area (Å²) in [5.74, 6) is 1.62. The van der Waals surface area contributed by atoms with Crippen LogP contribution in [0.3, 0.4) is 0 Å². The number of aromatic nitrogens is 2. The highest BCUT2D eigenvalue weighted by Crippen LogP contribution is 2.35. The van der Waals surface area contributed by atoms with Crippen LogP contribution in [0.25, 0.3) is 21.3 Å². The highest BCUT2D eigenvalue weighted by Gasteiger charge is 2.21. The smallest absolute Gasteiger partial charge is 0.260 e. The topological polar surface area (TPSA) is 64.2 Å². The number of nitrogens with one attached hydrogen (secondary N) is 1. The molecule has 134 valence electrons. The van der Waals surface area contributed by atoms with Gasteiger partial charge in [-0.3, -0.25) is 4.79 Å². The van der Waals surface area contributed by atoms with Gasteiger partial charge in [0.05, 0.1) is 24.6 Å². The maximum absolute atomic E-state index is 12.5. The van der Waals surface area contributed by atoms with Gasteiger partial charge in [-0.25, -0.2) is 4.98 Å². The SMILES string of the molecule is COc1ccc(/C=C(\Cl)c2nc3sc4c(c3c(=O)[nH]2)CCC4)cc1OC. The van der Waals surface area contributed by atoms with Crippen LogP contribution in [-0.4, -0.2) is 24.2 Å². The van der Waals surface area contributed by atoms with E-state index in [-0.39, 0.29) is 5.56 Å². The second-order valence-electron chi connectivity index (χ2n) is 6.06. The minimum atomic E-state index is -0.122. The number of benzene rings is 1. The fourth-order valence-corrected chi connectivity index (χ4v) is 4.75. The van der Waals surface area contributed by atoms with E-state index in [1.807, 2.05) is 12.1 Å². The van der Waals surface area contributed by atoms with Crippen LogP contribution in [0.4, 0.5) is 0 Å². The lowest BCUT2D eigenvalue weighted by Crippen LogP contribution is -2.10. The Kier molecular flexibility index (Phi) is 4.46. The van der Waals surface area contributed by atoms with Gasteiger partial charge in [-0.05, 0) is 48.6 Å². The first-order valence-electron chi connectivity index (χ1n) is 8.25. The third-order valence-corrected chi connectivity index (χ3v) is 5.98. The number of aryl methyl sites for hydroxylation is 2. The van der Waals surface area contributed by atoms with Crippen molar-refractivity contribution in [2.24, 2.45) is 0 Å². The van der Waals surface area contributed by atoms with Crippen molar-refractivity contribution in [2.45, 2.75) is 19.3 Å². The summed E-state index contributed by atoms with van der Waals surface area (Å²) < 4.78 is 10.5. The molecule has 7 heteroatoms. The van der Waals surface area contributed by atoms with Crippen LogP contribution in [-0.2, 0) is 12.8 Å². The predicted molar refractivity (Wildman–Crippen MR) is 106 cm³/mol. The van der Waals surface area contributed by atoms with E-state index in [1.165, 1.54) is 4.88 Å². The molecule has 0 spiro atoms. The Morgan fingerprint density at radius 2 is 2.08 bits per heavy atom. The van der Waals surface area contributed by atoms with Gasteiger partial charge in [0, 0.05) is 4.88 Å². The monoisotopic (exact) mass is 388 g/mol. The number of rotatable bonds is 4. The Morgan fingerprint density at radius 3 is 2.85 bits per heavy atom. The van der Waals surface area contributed by atoms with Gasteiger partial charge in [0.25, 0.3) is 5.56 Å². The number of fused-ring (bicyclic) bond motifs is 3. The Bertz CT molecular complexity index is 1080. The van der Waals surface area contributed by atoms with Crippen LogP contribution in [0.15, 0.2) is 23.0 Å². The van der Waals surface area contributed by atoms with Crippen LogP contribution < -0.4 is 15.0 Å². The molecule has 1 N–H and O–H groups in total. The molecule has 3 aromatic rings. The second-order valence-corrected chi connectivity index (χ2v) is 7.55. The molecule has 26 heavy (non-hydrogen) atoms. The molecule has 4 rings (SSSR count). The molecule has 0 bridgehead atoms. The quantitative estimate of drug-likeness (QED) is 0.726. The maximum atomic E-state index is 12.5. The molecule has 0 fully saturated rings. The summed E-state index contributed by atoms with van der Waals surface area (Å²) in [4.78, 5) is 22.0. The van der Waals surface area contributed by atoms with E-state index >= 15 is 0 Å². The fraction of sp³-hybridized carbons (Fsp3) is 0.263. The van der Waals surface area contributed by atoms with Gasteiger partial charge in [-0.1, -0.05) is 17.7 Å². The number of hydrogen-bond acceptors (Lipinski definition) is 5. The first-order chi connectivity index (χ1) is 12.6. The van der Waals surface area contributed by atoms with E-state index in [9.17, 15) is 4.79 Å². The molecule has 0 saturated heterocycles.